The van der Waals surface area contributed by atoms with Gasteiger partial charge in [-0.2, -0.15) is 0 Å². The van der Waals surface area contributed by atoms with Crippen LogP contribution in [0.2, 0.25) is 0 Å². The Labute approximate surface area is 371 Å². The van der Waals surface area contributed by atoms with E-state index in [1.807, 2.05) is 18.2 Å². The Morgan fingerprint density at radius 3 is 0.508 bits per heavy atom. The quantitative estimate of drug-likeness (QED) is 0.1000. The van der Waals surface area contributed by atoms with Gasteiger partial charge in [-0.1, -0.05) is 182 Å². The molecule has 0 heterocycles. The first kappa shape index (κ1) is 43.8. The molecule has 0 fully saturated rings. The molecule has 59 heavy (non-hydrogen) atoms. The molecule has 9 aromatic rings. The number of rotatable bonds is 9. The zero-order chi connectivity index (χ0) is 39.7. The van der Waals surface area contributed by atoms with Crippen LogP contribution in [0.15, 0.2) is 273 Å². The maximum atomic E-state index is 7.25. The summed E-state index contributed by atoms with van der Waals surface area (Å²) in [4.78, 5) is 0. The molecule has 9 aromatic carbocycles. The van der Waals surface area contributed by atoms with Gasteiger partial charge in [-0.05, 0) is 47.7 Å². The third-order valence-corrected chi connectivity index (χ3v) is 19.8. The molecule has 1 radical (unpaired) electrons. The second-order valence-corrected chi connectivity index (χ2v) is 22.6. The van der Waals surface area contributed by atoms with Crippen molar-refractivity contribution in [1.29, 1.82) is 0 Å². The van der Waals surface area contributed by atoms with Crippen LogP contribution in [-0.2, 0) is 19.5 Å². The topological polar surface area (TPSA) is 0 Å². The third-order valence-electron chi connectivity index (χ3n) is 9.60. The molecule has 9 rings (SSSR count). The third kappa shape index (κ3) is 11.7. The van der Waals surface area contributed by atoms with Crippen molar-refractivity contribution in [2.24, 2.45) is 0 Å². The molecule has 0 aliphatic heterocycles. The second-order valence-electron chi connectivity index (χ2n) is 13.4. The summed E-state index contributed by atoms with van der Waals surface area (Å²) in [6.45, 7) is -2.41. The largest absolute Gasteiger partial charge is 0.0622 e. The standard InChI is InChI=1S/C18H16ClP.2C18H15P.Rh/c19-20(16-10-4-1-5-11-16,17-12-6-2-7-13-17)18-14-8-3-9-15-18;2*1-4-10-16(11-5-1)19(17-12-6-2-7-13-17)18-14-8-3-9-15-18;/h1-15,20H;2*1-15H;. The smallest absolute Gasteiger partial charge is 0 e. The van der Waals surface area contributed by atoms with E-state index in [0.29, 0.717) is 0 Å². The van der Waals surface area contributed by atoms with E-state index in [0.717, 1.165) is 0 Å². The first-order chi connectivity index (χ1) is 28.7. The fourth-order valence-corrected chi connectivity index (χ4v) is 15.6. The number of benzene rings is 9. The maximum Gasteiger partial charge on any atom is 0 e. The van der Waals surface area contributed by atoms with Crippen molar-refractivity contribution in [1.82, 2.24) is 0 Å². The Morgan fingerprint density at radius 1 is 0.220 bits per heavy atom. The Kier molecular flexibility index (Phi) is 17.1. The van der Waals surface area contributed by atoms with Crippen molar-refractivity contribution in [3.63, 3.8) is 0 Å². The molecule has 5 heteroatoms. The predicted molar refractivity (Wildman–Crippen MR) is 263 cm³/mol. The molecule has 0 amide bonds. The van der Waals surface area contributed by atoms with E-state index < -0.39 is 22.5 Å². The molecule has 0 saturated carbocycles. The Hall–Kier alpha value is -4.82. The molecule has 0 spiro atoms. The summed E-state index contributed by atoms with van der Waals surface area (Å²) in [6.07, 6.45) is 0. The van der Waals surface area contributed by atoms with E-state index in [1.54, 1.807) is 0 Å². The van der Waals surface area contributed by atoms with Crippen LogP contribution < -0.4 is 47.7 Å². The monoisotopic (exact) mass is 925 g/mol. The number of halogens is 1. The molecule has 0 N–H and O–H groups in total. The summed E-state index contributed by atoms with van der Waals surface area (Å²) in [7, 11) is -0.892. The SMILES string of the molecule is Cl[PH](c1ccccc1)(c1ccccc1)c1ccccc1.[Rh].c1ccc(P(c2ccccc2)c2ccccc2)cc1.c1ccc(P(c2ccccc2)c2ccccc2)cc1. The van der Waals surface area contributed by atoms with Crippen LogP contribution in [0.5, 0.6) is 0 Å². The Balaban J connectivity index is 0.000000148. The van der Waals surface area contributed by atoms with Gasteiger partial charge >= 0.3 is 125 Å². The number of hydrogen-bond donors (Lipinski definition) is 0. The summed E-state index contributed by atoms with van der Waals surface area (Å²) >= 11 is 7.25. The van der Waals surface area contributed by atoms with E-state index in [-0.39, 0.29) is 19.5 Å². The van der Waals surface area contributed by atoms with E-state index in [4.69, 9.17) is 11.2 Å². The number of hydrogen-bond acceptors (Lipinski definition) is 0. The minimum Gasteiger partial charge on any atom is -0.0622 e. The predicted octanol–water partition coefficient (Wildman–Crippen LogP) is 10.8. The molecule has 0 aromatic heterocycles. The molecule has 0 bridgehead atoms. The van der Waals surface area contributed by atoms with Gasteiger partial charge in [-0.15, -0.1) is 0 Å². The van der Waals surface area contributed by atoms with Crippen LogP contribution in [0.4, 0.5) is 0 Å². The van der Waals surface area contributed by atoms with Crippen LogP contribution >= 0.6 is 33.7 Å². The van der Waals surface area contributed by atoms with Crippen molar-refractivity contribution >= 4 is 81.4 Å². The van der Waals surface area contributed by atoms with Crippen LogP contribution in [0.1, 0.15) is 0 Å². The zero-order valence-electron chi connectivity index (χ0n) is 32.6. The molecule has 0 nitrogen and oxygen atoms in total. The Bertz CT molecular complexity index is 2080. The Morgan fingerprint density at radius 2 is 0.356 bits per heavy atom. The summed E-state index contributed by atoms with van der Waals surface area (Å²) < 4.78 is 0. The van der Waals surface area contributed by atoms with E-state index in [1.165, 1.54) is 47.7 Å². The normalized spacial score (nSPS) is 10.9. The van der Waals surface area contributed by atoms with Crippen molar-refractivity contribution in [3.05, 3.63) is 273 Å². The maximum absolute atomic E-state index is 7.25. The van der Waals surface area contributed by atoms with Gasteiger partial charge in [0.25, 0.3) is 0 Å². The van der Waals surface area contributed by atoms with Gasteiger partial charge in [0.15, 0.2) is 0 Å². The summed E-state index contributed by atoms with van der Waals surface area (Å²) in [5.74, 6) is 0. The first-order valence-corrected chi connectivity index (χ1v) is 25.2. The molecule has 0 aliphatic carbocycles. The van der Waals surface area contributed by atoms with Crippen LogP contribution in [0.25, 0.3) is 0 Å². The van der Waals surface area contributed by atoms with E-state index >= 15 is 0 Å². The molecule has 0 aliphatic rings. The average molecular weight is 926 g/mol. The minimum absolute atomic E-state index is 0. The van der Waals surface area contributed by atoms with Gasteiger partial charge in [-0.25, -0.2) is 0 Å². The summed E-state index contributed by atoms with van der Waals surface area (Å²) in [5, 5.41) is 12.1. The summed E-state index contributed by atoms with van der Waals surface area (Å²) in [5.41, 5.74) is 0. The van der Waals surface area contributed by atoms with Crippen LogP contribution in [0.3, 0.4) is 0 Å². The first-order valence-electron chi connectivity index (χ1n) is 19.5. The van der Waals surface area contributed by atoms with Crippen LogP contribution in [-0.4, -0.2) is 0 Å². The van der Waals surface area contributed by atoms with Crippen molar-refractivity contribution < 1.29 is 19.5 Å². The molecular weight excluding hydrogens is 880 g/mol. The fourth-order valence-electron chi connectivity index (χ4n) is 6.86. The van der Waals surface area contributed by atoms with Crippen LogP contribution in [0, 0.1) is 0 Å². The van der Waals surface area contributed by atoms with Gasteiger partial charge in [0.05, 0.1) is 0 Å². The van der Waals surface area contributed by atoms with Crippen molar-refractivity contribution in [3.8, 4) is 0 Å². The van der Waals surface area contributed by atoms with Crippen molar-refractivity contribution in [2.45, 2.75) is 0 Å². The minimum atomic E-state index is -2.41. The van der Waals surface area contributed by atoms with Gasteiger partial charge in [-0.3, -0.25) is 0 Å². The molecule has 0 unspecified atom stereocenters. The van der Waals surface area contributed by atoms with Gasteiger partial charge in [0.1, 0.15) is 0 Å². The molecule has 293 valence electrons. The summed E-state index contributed by atoms with van der Waals surface area (Å²) in [6, 6.07) is 95.9. The zero-order valence-corrected chi connectivity index (χ0v) is 37.8. The second kappa shape index (κ2) is 23.1. The fraction of sp³-hybridized carbons (Fsp3) is 0. The van der Waals surface area contributed by atoms with Gasteiger partial charge in [0, 0.05) is 19.5 Å². The van der Waals surface area contributed by atoms with Crippen molar-refractivity contribution in [2.75, 3.05) is 0 Å². The average Bonchev–Trinajstić information content (AvgIpc) is 3.32. The molecular formula is C54H46ClP3Rh. The van der Waals surface area contributed by atoms with E-state index in [9.17, 15) is 0 Å². The van der Waals surface area contributed by atoms with Gasteiger partial charge < -0.3 is 0 Å². The molecule has 0 saturated heterocycles. The van der Waals surface area contributed by atoms with Gasteiger partial charge in [0.2, 0.25) is 0 Å². The van der Waals surface area contributed by atoms with E-state index in [2.05, 4.69) is 255 Å². The molecule has 0 atom stereocenters.